The second kappa shape index (κ2) is 19.4. The van der Waals surface area contributed by atoms with Crippen LogP contribution in [0.3, 0.4) is 0 Å². The molecule has 2 aromatic heterocycles. The zero-order valence-corrected chi connectivity index (χ0v) is 40.4. The Morgan fingerprint density at radius 1 is 1.00 bits per heavy atom. The van der Waals surface area contributed by atoms with Crippen LogP contribution in [0.5, 0.6) is 11.5 Å². The number of piperazine rings is 1. The van der Waals surface area contributed by atoms with Gasteiger partial charge in [0.25, 0.3) is 21.6 Å². The predicted molar refractivity (Wildman–Crippen MR) is 257 cm³/mol. The summed E-state index contributed by atoms with van der Waals surface area (Å²) in [6.07, 6.45) is 3.77. The number of aromatic nitrogens is 2. The SMILES string of the molecule is Cc1cc(C(F)(F)F)ccc1C1=C(CN2CCN(c3ccc(C(=O)NS(=O)(=O)c4ccc(NC[C@H]5CCCN(S(C)(=O)=O)C5)c([N+](=O)[O-])c4)c(Oc4cnc5[nH]ccc5c4)c3)CC2)CCC(C)(C)C1. The predicted octanol–water partition coefficient (Wildman–Crippen LogP) is 8.58. The van der Waals surface area contributed by atoms with E-state index >= 15 is 0 Å². The zero-order valence-electron chi connectivity index (χ0n) is 38.7. The van der Waals surface area contributed by atoms with Crippen LogP contribution in [0.1, 0.15) is 73.0 Å². The first kappa shape index (κ1) is 49.4. The summed E-state index contributed by atoms with van der Waals surface area (Å²) in [6.45, 7) is 10.1. The van der Waals surface area contributed by atoms with Gasteiger partial charge in [0, 0.05) is 81.8 Å². The van der Waals surface area contributed by atoms with Crippen molar-refractivity contribution in [2.45, 2.75) is 63.9 Å². The maximum atomic E-state index is 14.0. The van der Waals surface area contributed by atoms with Crippen molar-refractivity contribution in [1.29, 1.82) is 0 Å². The van der Waals surface area contributed by atoms with Crippen LogP contribution in [0.15, 0.2) is 89.6 Å². The molecule has 0 unspecified atom stereocenters. The van der Waals surface area contributed by atoms with Gasteiger partial charge in [-0.05, 0) is 116 Å². The lowest BCUT2D eigenvalue weighted by Gasteiger charge is -2.39. The molecule has 0 saturated carbocycles. The smallest absolute Gasteiger partial charge is 0.416 e. The molecule has 3 N–H and O–H groups in total. The van der Waals surface area contributed by atoms with Crippen LogP contribution in [0, 0.1) is 28.4 Å². The average molecular weight is 993 g/mol. The molecule has 0 bridgehead atoms. The third kappa shape index (κ3) is 11.5. The maximum Gasteiger partial charge on any atom is 0.416 e. The fourth-order valence-corrected chi connectivity index (χ4v) is 11.4. The minimum absolute atomic E-state index is 0.00253. The molecule has 8 rings (SSSR count). The molecule has 4 heterocycles. The number of carbonyl (C=O) groups excluding carboxylic acids is 1. The number of ether oxygens (including phenoxy) is 1. The molecule has 0 radical (unpaired) electrons. The Hall–Kier alpha value is -6.03. The number of hydrogen-bond acceptors (Lipinski definition) is 12. The van der Waals surface area contributed by atoms with Crippen LogP contribution in [0.25, 0.3) is 16.6 Å². The monoisotopic (exact) mass is 992 g/mol. The number of carbonyl (C=O) groups is 1. The molecular formula is C48H55F3N8O8S2. The average Bonchev–Trinajstić information content (AvgIpc) is 3.76. The van der Waals surface area contributed by atoms with Crippen molar-refractivity contribution in [3.8, 4) is 11.5 Å². The van der Waals surface area contributed by atoms with E-state index in [0.29, 0.717) is 69.0 Å². The summed E-state index contributed by atoms with van der Waals surface area (Å²) in [5, 5.41) is 15.9. The fourth-order valence-electron chi connectivity index (χ4n) is 9.45. The number of nitro groups is 1. The number of aromatic amines is 1. The van der Waals surface area contributed by atoms with E-state index in [0.717, 1.165) is 54.2 Å². The van der Waals surface area contributed by atoms with Crippen LogP contribution < -0.4 is 19.7 Å². The first-order valence-electron chi connectivity index (χ1n) is 22.7. The summed E-state index contributed by atoms with van der Waals surface area (Å²) in [4.78, 5) is 36.8. The molecule has 5 aromatic rings. The molecule has 0 spiro atoms. The Morgan fingerprint density at radius 2 is 1.77 bits per heavy atom. The van der Waals surface area contributed by atoms with E-state index in [4.69, 9.17) is 4.74 Å². The number of allylic oxidation sites excluding steroid dienone is 1. The largest absolute Gasteiger partial charge is 0.455 e. The Kier molecular flexibility index (Phi) is 13.9. The van der Waals surface area contributed by atoms with Crippen molar-refractivity contribution in [3.63, 3.8) is 0 Å². The van der Waals surface area contributed by atoms with Gasteiger partial charge in [-0.15, -0.1) is 0 Å². The Bertz CT molecular complexity index is 3040. The Labute approximate surface area is 399 Å². The number of hydrogen-bond donors (Lipinski definition) is 3. The number of H-pyrrole nitrogens is 1. The summed E-state index contributed by atoms with van der Waals surface area (Å²) in [5.74, 6) is -0.864. The summed E-state index contributed by atoms with van der Waals surface area (Å²) in [5.41, 5.74) is 3.79. The number of aryl methyl sites for hydroxylation is 1. The standard InChI is InChI=1S/C48H55F3N8O8S2/c1-31-22-35(48(49,50)51)7-10-39(31)41-26-47(2,3)15-13-34(41)30-56-18-20-57(21-19-56)36-8-11-40(44(24-36)67-37-23-33-14-16-52-45(33)54-28-37)46(60)55-69(65,66)38-9-12-42(43(25-38)59(61)62)53-27-32-6-5-17-58(29-32)68(4,63)64/h7-12,14,16,22-25,28,32,53H,5-6,13,15,17-21,26-27,29-30H2,1-4H3,(H,52,54)(H,55,60)/t32-/m1/s1. The number of sulfonamides is 2. The van der Waals surface area contributed by atoms with Gasteiger partial charge in [0.05, 0.1) is 33.4 Å². The number of fused-ring (bicyclic) bond motifs is 1. The van der Waals surface area contributed by atoms with Gasteiger partial charge >= 0.3 is 6.18 Å². The van der Waals surface area contributed by atoms with E-state index < -0.39 is 53.2 Å². The van der Waals surface area contributed by atoms with Crippen LogP contribution in [0.4, 0.5) is 30.2 Å². The number of amides is 1. The van der Waals surface area contributed by atoms with Gasteiger partial charge in [0.2, 0.25) is 10.0 Å². The lowest BCUT2D eigenvalue weighted by Crippen LogP contribution is -2.47. The topological polar surface area (TPSA) is 200 Å². The summed E-state index contributed by atoms with van der Waals surface area (Å²) < 4.78 is 102. The third-order valence-electron chi connectivity index (χ3n) is 13.3. The number of nitrogens with one attached hydrogen (secondary N) is 3. The quantitative estimate of drug-likeness (QED) is 0.0708. The number of nitro benzene ring substituents is 1. The normalized spacial score (nSPS) is 18.6. The summed E-state index contributed by atoms with van der Waals surface area (Å²) >= 11 is 0. The second-order valence-corrected chi connectivity index (χ2v) is 22.6. The highest BCUT2D eigenvalue weighted by molar-refractivity contribution is 7.90. The fraction of sp³-hybridized carbons (Fsp3) is 0.417. The highest BCUT2D eigenvalue weighted by atomic mass is 32.2. The van der Waals surface area contributed by atoms with Crippen LogP contribution >= 0.6 is 0 Å². The van der Waals surface area contributed by atoms with E-state index in [1.165, 1.54) is 40.3 Å². The van der Waals surface area contributed by atoms with Crippen molar-refractivity contribution in [2.75, 3.05) is 68.8 Å². The second-order valence-electron chi connectivity index (χ2n) is 19.0. The van der Waals surface area contributed by atoms with Crippen molar-refractivity contribution in [3.05, 3.63) is 117 Å². The number of nitrogens with zero attached hydrogens (tertiary/aromatic N) is 5. The van der Waals surface area contributed by atoms with Gasteiger partial charge in [-0.2, -0.15) is 13.2 Å². The van der Waals surface area contributed by atoms with Gasteiger partial charge < -0.3 is 19.9 Å². The van der Waals surface area contributed by atoms with Crippen molar-refractivity contribution >= 4 is 59.6 Å². The summed E-state index contributed by atoms with van der Waals surface area (Å²) in [6, 6.07) is 15.6. The van der Waals surface area contributed by atoms with Crippen LogP contribution in [0.2, 0.25) is 0 Å². The molecule has 1 atom stereocenters. The number of piperidine rings is 1. The zero-order chi connectivity index (χ0) is 49.5. The lowest BCUT2D eigenvalue weighted by atomic mass is 9.72. The number of anilines is 2. The maximum absolute atomic E-state index is 14.0. The van der Waals surface area contributed by atoms with Gasteiger partial charge in [0.15, 0.2) is 0 Å². The van der Waals surface area contributed by atoms with Crippen LogP contribution in [-0.4, -0.2) is 105 Å². The minimum atomic E-state index is -4.68. The molecule has 1 aliphatic carbocycles. The van der Waals surface area contributed by atoms with E-state index in [9.17, 15) is 44.9 Å². The number of rotatable bonds is 14. The molecule has 3 aliphatic rings. The van der Waals surface area contributed by atoms with Gasteiger partial charge in [0.1, 0.15) is 22.8 Å². The Morgan fingerprint density at radius 3 is 2.48 bits per heavy atom. The van der Waals surface area contributed by atoms with Crippen molar-refractivity contribution < 1.29 is 44.5 Å². The van der Waals surface area contributed by atoms with E-state index in [-0.39, 0.29) is 47.2 Å². The molecule has 368 valence electrons. The molecular weight excluding hydrogens is 938 g/mol. The van der Waals surface area contributed by atoms with Crippen LogP contribution in [-0.2, 0) is 26.2 Å². The molecule has 2 fully saturated rings. The number of pyridine rings is 1. The molecule has 2 aliphatic heterocycles. The molecule has 3 aromatic carbocycles. The highest BCUT2D eigenvalue weighted by Crippen LogP contribution is 2.45. The first-order chi connectivity index (χ1) is 32.5. The van der Waals surface area contributed by atoms with Gasteiger partial charge in [-0.25, -0.2) is 30.8 Å². The first-order valence-corrected chi connectivity index (χ1v) is 26.0. The molecule has 16 nitrogen and oxygen atoms in total. The molecule has 1 amide bonds. The van der Waals surface area contributed by atoms with E-state index in [1.54, 1.807) is 43.5 Å². The van der Waals surface area contributed by atoms with Crippen molar-refractivity contribution in [2.24, 2.45) is 11.3 Å². The summed E-state index contributed by atoms with van der Waals surface area (Å²) in [7, 11) is -8.09. The van der Waals surface area contributed by atoms with Gasteiger partial charge in [-0.3, -0.25) is 19.8 Å². The lowest BCUT2D eigenvalue weighted by molar-refractivity contribution is -0.384. The molecule has 21 heteroatoms. The van der Waals surface area contributed by atoms with Gasteiger partial charge in [-0.1, -0.05) is 25.5 Å². The number of alkyl halides is 3. The minimum Gasteiger partial charge on any atom is -0.455 e. The third-order valence-corrected chi connectivity index (χ3v) is 15.9. The van der Waals surface area contributed by atoms with Crippen molar-refractivity contribution in [1.82, 2.24) is 23.9 Å². The highest BCUT2D eigenvalue weighted by Gasteiger charge is 2.34. The molecule has 2 saturated heterocycles. The van der Waals surface area contributed by atoms with E-state index in [2.05, 4.69) is 43.7 Å². The number of halogens is 3. The number of benzene rings is 3. The Balaban J connectivity index is 0.996. The molecule has 69 heavy (non-hydrogen) atoms. The van der Waals surface area contributed by atoms with E-state index in [1.807, 2.05) is 0 Å².